The Morgan fingerprint density at radius 2 is 1.46 bits per heavy atom. The van der Waals surface area contributed by atoms with Crippen molar-refractivity contribution in [3.05, 3.63) is 35.9 Å². The highest BCUT2D eigenvalue weighted by molar-refractivity contribution is 5.97. The fourth-order valence-corrected chi connectivity index (χ4v) is 5.95. The quantitative estimate of drug-likeness (QED) is 0.0310. The van der Waals surface area contributed by atoms with Crippen molar-refractivity contribution in [2.24, 2.45) is 28.1 Å². The van der Waals surface area contributed by atoms with Crippen molar-refractivity contribution >= 4 is 47.4 Å². The number of nitrogens with two attached hydrogens (primary N) is 3. The molecule has 0 bridgehead atoms. The molecule has 14 N–H and O–H groups in total. The molecule has 312 valence electrons. The predicted molar refractivity (Wildman–Crippen MR) is 204 cm³/mol. The molecule has 0 aromatic heterocycles. The van der Waals surface area contributed by atoms with Crippen molar-refractivity contribution in [2.45, 2.75) is 115 Å². The van der Waals surface area contributed by atoms with E-state index in [-0.39, 0.29) is 50.7 Å². The number of carbonyl (C=O) groups excluding carboxylic acids is 6. The highest BCUT2D eigenvalue weighted by Gasteiger charge is 2.40. The van der Waals surface area contributed by atoms with E-state index in [4.69, 9.17) is 17.2 Å². The number of carboxylic acid groups (broad SMARTS) is 1. The van der Waals surface area contributed by atoms with Gasteiger partial charge in [0.2, 0.25) is 35.4 Å². The number of hydrogen-bond acceptors (Lipinski definition) is 11. The zero-order valence-corrected chi connectivity index (χ0v) is 32.3. The summed E-state index contributed by atoms with van der Waals surface area (Å²) >= 11 is 0. The van der Waals surface area contributed by atoms with Crippen LogP contribution in [0.3, 0.4) is 0 Å². The van der Waals surface area contributed by atoms with Crippen LogP contribution in [0.2, 0.25) is 0 Å². The standard InChI is InChI=1S/C36H58N10O10/c1-5-19(2)27(44-29(49)20(3)37)32(52)43-25(18-47)34(54)46-16-10-14-26(46)31(51)41-23(13-9-15-40-36(38)39)30(50)45-28(21(4)48)33(53)42-24(35(55)56)17-22-11-7-6-8-12-22/h6-8,11-12,19-21,23-28,47-48H,5,9-10,13-18,37H2,1-4H3,(H,41,51)(H,42,53)(H,43,52)(H,44,49)(H,45,50)(H,55,56)(H4,38,39,40)/t19-,20-,21+,23-,24-,25-,26-,27-,28-/m0/s1. The summed E-state index contributed by atoms with van der Waals surface area (Å²) in [5.41, 5.74) is 17.1. The van der Waals surface area contributed by atoms with Crippen molar-refractivity contribution in [3.63, 3.8) is 0 Å². The predicted octanol–water partition coefficient (Wildman–Crippen LogP) is -3.45. The first-order valence-electron chi connectivity index (χ1n) is 18.6. The number of hydrogen-bond donors (Lipinski definition) is 11. The third kappa shape index (κ3) is 14.4. The van der Waals surface area contributed by atoms with Crippen LogP contribution in [0.4, 0.5) is 0 Å². The maximum Gasteiger partial charge on any atom is 0.326 e. The van der Waals surface area contributed by atoms with Crippen LogP contribution in [0.25, 0.3) is 0 Å². The molecule has 1 heterocycles. The fourth-order valence-electron chi connectivity index (χ4n) is 5.95. The van der Waals surface area contributed by atoms with Crippen molar-refractivity contribution in [2.75, 3.05) is 19.7 Å². The monoisotopic (exact) mass is 790 g/mol. The SMILES string of the molecule is CC[C@H](C)[C@H](NC(=O)[C@H](C)N)C(=O)N[C@@H](CO)C(=O)N1CCC[C@H]1C(=O)N[C@@H](CCCN=C(N)N)C(=O)N[C@H](C(=O)N[C@@H](Cc1ccccc1)C(=O)O)[C@@H](C)O. The van der Waals surface area contributed by atoms with E-state index >= 15 is 0 Å². The van der Waals surface area contributed by atoms with Gasteiger partial charge in [-0.25, -0.2) is 4.79 Å². The lowest BCUT2D eigenvalue weighted by molar-refractivity contribution is -0.144. The highest BCUT2D eigenvalue weighted by Crippen LogP contribution is 2.20. The minimum absolute atomic E-state index is 0.0611. The van der Waals surface area contributed by atoms with Gasteiger partial charge in [0.05, 0.1) is 18.8 Å². The number of benzene rings is 1. The average Bonchev–Trinajstić information content (AvgIpc) is 3.65. The van der Waals surface area contributed by atoms with Crippen LogP contribution in [0.1, 0.15) is 65.4 Å². The molecule has 1 aromatic carbocycles. The van der Waals surface area contributed by atoms with E-state index < -0.39 is 96.4 Å². The molecule has 1 fully saturated rings. The number of nitrogens with one attached hydrogen (secondary N) is 5. The Morgan fingerprint density at radius 1 is 0.857 bits per heavy atom. The second-order valence-electron chi connectivity index (χ2n) is 13.9. The second kappa shape index (κ2) is 22.9. The Bertz CT molecular complexity index is 1540. The number of aliphatic imine (C=N–C) groups is 1. The zero-order chi connectivity index (χ0) is 42.1. The largest absolute Gasteiger partial charge is 0.480 e. The van der Waals surface area contributed by atoms with Gasteiger partial charge in [-0.1, -0.05) is 50.6 Å². The fraction of sp³-hybridized carbons (Fsp3) is 0.611. The van der Waals surface area contributed by atoms with E-state index in [1.54, 1.807) is 44.2 Å². The first-order valence-corrected chi connectivity index (χ1v) is 18.6. The second-order valence-corrected chi connectivity index (χ2v) is 13.9. The Hall–Kier alpha value is -5.34. The van der Waals surface area contributed by atoms with Crippen LogP contribution >= 0.6 is 0 Å². The first kappa shape index (κ1) is 46.8. The minimum atomic E-state index is -1.63. The van der Waals surface area contributed by atoms with E-state index in [9.17, 15) is 48.9 Å². The molecule has 2 rings (SSSR count). The number of aliphatic hydroxyl groups is 2. The summed E-state index contributed by atoms with van der Waals surface area (Å²) in [5.74, 6) is -6.65. The summed E-state index contributed by atoms with van der Waals surface area (Å²) < 4.78 is 0. The number of carboxylic acids is 1. The van der Waals surface area contributed by atoms with Gasteiger partial charge in [-0.15, -0.1) is 0 Å². The van der Waals surface area contributed by atoms with Crippen molar-refractivity contribution in [3.8, 4) is 0 Å². The smallest absolute Gasteiger partial charge is 0.326 e. The van der Waals surface area contributed by atoms with Crippen LogP contribution in [-0.2, 0) is 40.0 Å². The van der Waals surface area contributed by atoms with Crippen molar-refractivity contribution in [1.29, 1.82) is 0 Å². The van der Waals surface area contributed by atoms with Gasteiger partial charge in [0.1, 0.15) is 36.3 Å². The molecule has 0 unspecified atom stereocenters. The van der Waals surface area contributed by atoms with E-state index in [0.29, 0.717) is 18.4 Å². The number of nitrogens with zero attached hydrogens (tertiary/aromatic N) is 2. The number of amides is 6. The molecule has 1 aliphatic heterocycles. The highest BCUT2D eigenvalue weighted by atomic mass is 16.4. The third-order valence-electron chi connectivity index (χ3n) is 9.38. The maximum absolute atomic E-state index is 13.8. The van der Waals surface area contributed by atoms with E-state index in [0.717, 1.165) is 0 Å². The molecule has 0 radical (unpaired) electrons. The van der Waals surface area contributed by atoms with Crippen LogP contribution in [-0.4, -0.2) is 136 Å². The molecular weight excluding hydrogens is 732 g/mol. The molecule has 0 saturated carbocycles. The van der Waals surface area contributed by atoms with Crippen LogP contribution < -0.4 is 43.8 Å². The Morgan fingerprint density at radius 3 is 2.02 bits per heavy atom. The lowest BCUT2D eigenvalue weighted by Crippen LogP contribution is -2.61. The molecule has 0 spiro atoms. The van der Waals surface area contributed by atoms with Crippen LogP contribution in [0.15, 0.2) is 35.3 Å². The lowest BCUT2D eigenvalue weighted by atomic mass is 9.97. The normalized spacial score (nSPS) is 18.1. The number of rotatable bonds is 22. The van der Waals surface area contributed by atoms with E-state index in [2.05, 4.69) is 31.6 Å². The molecular formula is C36H58N10O10. The Labute approximate surface area is 325 Å². The molecule has 9 atom stereocenters. The molecule has 20 heteroatoms. The molecule has 0 aliphatic carbocycles. The first-order chi connectivity index (χ1) is 26.4. The molecule has 56 heavy (non-hydrogen) atoms. The van der Waals surface area contributed by atoms with Crippen LogP contribution in [0.5, 0.6) is 0 Å². The van der Waals surface area contributed by atoms with Gasteiger partial charge in [0, 0.05) is 19.5 Å². The van der Waals surface area contributed by atoms with Gasteiger partial charge in [-0.05, 0) is 51.0 Å². The summed E-state index contributed by atoms with van der Waals surface area (Å²) in [5, 5.41) is 42.8. The Kier molecular flexibility index (Phi) is 19.1. The minimum Gasteiger partial charge on any atom is -0.480 e. The summed E-state index contributed by atoms with van der Waals surface area (Å²) in [7, 11) is 0. The van der Waals surface area contributed by atoms with Gasteiger partial charge in [0.15, 0.2) is 5.96 Å². The van der Waals surface area contributed by atoms with Crippen LogP contribution in [0, 0.1) is 5.92 Å². The maximum atomic E-state index is 13.8. The van der Waals surface area contributed by atoms with Gasteiger partial charge in [0.25, 0.3) is 0 Å². The topological polar surface area (TPSA) is 334 Å². The van der Waals surface area contributed by atoms with Gasteiger partial charge in [-0.3, -0.25) is 33.8 Å². The number of aliphatic carboxylic acids is 1. The lowest BCUT2D eigenvalue weighted by Gasteiger charge is -2.31. The number of likely N-dealkylation sites (tertiary alicyclic amines) is 1. The average molecular weight is 791 g/mol. The van der Waals surface area contributed by atoms with E-state index in [1.165, 1.54) is 18.7 Å². The van der Waals surface area contributed by atoms with Gasteiger partial charge >= 0.3 is 5.97 Å². The summed E-state index contributed by atoms with van der Waals surface area (Å²) in [6, 6.07) is -0.438. The summed E-state index contributed by atoms with van der Waals surface area (Å²) in [4.78, 5) is 97.1. The Balaban J connectivity index is 2.26. The zero-order valence-electron chi connectivity index (χ0n) is 32.3. The molecule has 1 saturated heterocycles. The summed E-state index contributed by atoms with van der Waals surface area (Å²) in [6.07, 6.45) is -0.436. The molecule has 20 nitrogen and oxygen atoms in total. The molecule has 1 aliphatic rings. The van der Waals surface area contributed by atoms with Crippen molar-refractivity contribution < 1.29 is 48.9 Å². The third-order valence-corrected chi connectivity index (χ3v) is 9.38. The van der Waals surface area contributed by atoms with Crippen molar-refractivity contribution in [1.82, 2.24) is 31.5 Å². The molecule has 6 amide bonds. The number of guanidine groups is 1. The van der Waals surface area contributed by atoms with Gasteiger partial charge < -0.3 is 64.0 Å². The molecule has 1 aromatic rings. The number of aliphatic hydroxyl groups excluding tert-OH is 2. The number of carbonyl (C=O) groups is 7. The summed E-state index contributed by atoms with van der Waals surface area (Å²) in [6.45, 7) is 5.53. The van der Waals surface area contributed by atoms with E-state index in [1.807, 2.05) is 0 Å². The van der Waals surface area contributed by atoms with Gasteiger partial charge in [-0.2, -0.15) is 0 Å².